The van der Waals surface area contributed by atoms with Crippen molar-refractivity contribution in [2.75, 3.05) is 5.32 Å². The second-order valence-electron chi connectivity index (χ2n) is 4.07. The molecule has 0 aliphatic rings. The van der Waals surface area contributed by atoms with Crippen molar-refractivity contribution in [1.29, 1.82) is 0 Å². The highest BCUT2D eigenvalue weighted by Crippen LogP contribution is 2.21. The van der Waals surface area contributed by atoms with Gasteiger partial charge < -0.3 is 5.32 Å². The molecular weight excluding hydrogens is 283 g/mol. The Morgan fingerprint density at radius 3 is 2.00 bits per heavy atom. The first-order valence-electron chi connectivity index (χ1n) is 5.27. The van der Waals surface area contributed by atoms with E-state index in [4.69, 9.17) is 0 Å². The summed E-state index contributed by atoms with van der Waals surface area (Å²) in [7, 11) is -3.49. The average Bonchev–Trinajstić information content (AvgIpc) is 2.28. The quantitative estimate of drug-likeness (QED) is 0.931. The van der Waals surface area contributed by atoms with Gasteiger partial charge in [0, 0.05) is 5.69 Å². The van der Waals surface area contributed by atoms with E-state index in [9.17, 15) is 26.4 Å². The summed E-state index contributed by atoms with van der Waals surface area (Å²) in [5.41, 5.74) is -0.120. The number of anilines is 1. The van der Waals surface area contributed by atoms with Crippen LogP contribution < -0.4 is 5.32 Å². The van der Waals surface area contributed by atoms with Gasteiger partial charge in [-0.15, -0.1) is 0 Å². The lowest BCUT2D eigenvalue weighted by Gasteiger charge is -2.10. The number of carbonyl (C=O) groups excluding carboxylic acids is 1. The van der Waals surface area contributed by atoms with Gasteiger partial charge in [-0.1, -0.05) is 0 Å². The summed E-state index contributed by atoms with van der Waals surface area (Å²) in [6.07, 6.45) is -4.98. The summed E-state index contributed by atoms with van der Waals surface area (Å²) in [4.78, 5) is 10.7. The van der Waals surface area contributed by atoms with Crippen molar-refractivity contribution in [1.82, 2.24) is 0 Å². The third-order valence-corrected chi connectivity index (χ3v) is 4.49. The Bertz CT molecular complexity index is 562. The molecule has 0 aliphatic carbocycles. The van der Waals surface area contributed by atoms with Crippen LogP contribution in [0.5, 0.6) is 0 Å². The van der Waals surface area contributed by atoms with Gasteiger partial charge in [-0.25, -0.2) is 8.42 Å². The highest BCUT2D eigenvalue weighted by Gasteiger charge is 2.38. The SMILES string of the molecule is CC(C)S(=O)(=O)c1ccc(NC(=O)C(F)(F)F)cc1. The molecule has 1 rings (SSSR count). The topological polar surface area (TPSA) is 63.2 Å². The molecule has 8 heteroatoms. The predicted octanol–water partition coefficient (Wildman–Crippen LogP) is 2.37. The van der Waals surface area contributed by atoms with Crippen molar-refractivity contribution in [2.24, 2.45) is 0 Å². The van der Waals surface area contributed by atoms with Crippen molar-refractivity contribution in [2.45, 2.75) is 30.2 Å². The van der Waals surface area contributed by atoms with E-state index >= 15 is 0 Å². The first kappa shape index (κ1) is 15.5. The number of nitrogens with one attached hydrogen (secondary N) is 1. The first-order valence-corrected chi connectivity index (χ1v) is 6.82. The molecule has 0 aliphatic heterocycles. The van der Waals surface area contributed by atoms with Crippen LogP contribution in [0.4, 0.5) is 18.9 Å². The number of benzene rings is 1. The van der Waals surface area contributed by atoms with Crippen LogP contribution in [0.2, 0.25) is 0 Å². The van der Waals surface area contributed by atoms with Crippen molar-refractivity contribution in [3.8, 4) is 0 Å². The Labute approximate surface area is 108 Å². The average molecular weight is 295 g/mol. The smallest absolute Gasteiger partial charge is 0.318 e. The summed E-state index contributed by atoms with van der Waals surface area (Å²) in [5.74, 6) is -2.10. The van der Waals surface area contributed by atoms with Crippen LogP contribution in [0.15, 0.2) is 29.2 Å². The molecule has 1 N–H and O–H groups in total. The molecule has 0 unspecified atom stereocenters. The summed E-state index contributed by atoms with van der Waals surface area (Å²) in [5, 5.41) is 0.995. The zero-order valence-electron chi connectivity index (χ0n) is 10.2. The standard InChI is InChI=1S/C11H12F3NO3S/c1-7(2)19(17,18)9-5-3-8(4-6-9)15-10(16)11(12,13)14/h3-7H,1-2H3,(H,15,16). The Hall–Kier alpha value is -1.57. The number of alkyl halides is 3. The minimum atomic E-state index is -4.98. The van der Waals surface area contributed by atoms with Crippen LogP contribution in [0, 0.1) is 0 Å². The van der Waals surface area contributed by atoms with Gasteiger partial charge in [-0.2, -0.15) is 13.2 Å². The third-order valence-electron chi connectivity index (χ3n) is 2.32. The van der Waals surface area contributed by atoms with Crippen LogP contribution >= 0.6 is 0 Å². The van der Waals surface area contributed by atoms with E-state index in [0.29, 0.717) is 0 Å². The van der Waals surface area contributed by atoms with Gasteiger partial charge in [-0.05, 0) is 38.1 Å². The maximum Gasteiger partial charge on any atom is 0.471 e. The lowest BCUT2D eigenvalue weighted by atomic mass is 10.3. The number of hydrogen-bond donors (Lipinski definition) is 1. The van der Waals surface area contributed by atoms with E-state index < -0.39 is 27.2 Å². The van der Waals surface area contributed by atoms with Crippen LogP contribution in [0.3, 0.4) is 0 Å². The molecule has 0 saturated carbocycles. The molecule has 0 heterocycles. The van der Waals surface area contributed by atoms with Gasteiger partial charge in [0.05, 0.1) is 10.1 Å². The minimum absolute atomic E-state index is 0.00694. The Morgan fingerprint density at radius 2 is 1.63 bits per heavy atom. The molecule has 0 fully saturated rings. The van der Waals surface area contributed by atoms with E-state index in [1.165, 1.54) is 13.8 Å². The van der Waals surface area contributed by atoms with Crippen LogP contribution in [0.1, 0.15) is 13.8 Å². The Balaban J connectivity index is 2.93. The van der Waals surface area contributed by atoms with Crippen molar-refractivity contribution >= 4 is 21.4 Å². The number of amides is 1. The second kappa shape index (κ2) is 5.20. The molecule has 1 amide bonds. The summed E-state index contributed by atoms with van der Waals surface area (Å²) >= 11 is 0. The molecule has 106 valence electrons. The summed E-state index contributed by atoms with van der Waals surface area (Å²) in [6, 6.07) is 4.53. The van der Waals surface area contributed by atoms with Crippen molar-refractivity contribution < 1.29 is 26.4 Å². The fourth-order valence-electron chi connectivity index (χ4n) is 1.20. The van der Waals surface area contributed by atoms with E-state index in [2.05, 4.69) is 0 Å². The normalized spacial score (nSPS) is 12.5. The van der Waals surface area contributed by atoms with Crippen molar-refractivity contribution in [3.05, 3.63) is 24.3 Å². The monoisotopic (exact) mass is 295 g/mol. The molecule has 1 aromatic carbocycles. The zero-order valence-corrected chi connectivity index (χ0v) is 11.0. The van der Waals surface area contributed by atoms with Gasteiger partial charge >= 0.3 is 12.1 Å². The maximum atomic E-state index is 12.0. The van der Waals surface area contributed by atoms with Gasteiger partial charge in [0.15, 0.2) is 9.84 Å². The molecule has 0 bridgehead atoms. The van der Waals surface area contributed by atoms with Crippen LogP contribution in [-0.4, -0.2) is 25.8 Å². The summed E-state index contributed by atoms with van der Waals surface area (Å²) in [6.45, 7) is 2.99. The highest BCUT2D eigenvalue weighted by atomic mass is 32.2. The molecule has 1 aromatic rings. The largest absolute Gasteiger partial charge is 0.471 e. The number of halogens is 3. The lowest BCUT2D eigenvalue weighted by molar-refractivity contribution is -0.167. The van der Waals surface area contributed by atoms with E-state index in [1.54, 1.807) is 5.32 Å². The molecule has 0 saturated heterocycles. The van der Waals surface area contributed by atoms with E-state index in [1.807, 2.05) is 0 Å². The lowest BCUT2D eigenvalue weighted by Crippen LogP contribution is -2.29. The molecule has 0 radical (unpaired) electrons. The van der Waals surface area contributed by atoms with Gasteiger partial charge in [0.2, 0.25) is 0 Å². The number of carbonyl (C=O) groups is 1. The first-order chi connectivity index (χ1) is 8.55. The highest BCUT2D eigenvalue weighted by molar-refractivity contribution is 7.92. The van der Waals surface area contributed by atoms with Gasteiger partial charge in [0.1, 0.15) is 0 Å². The predicted molar refractivity (Wildman–Crippen MR) is 63.4 cm³/mol. The van der Waals surface area contributed by atoms with E-state index in [0.717, 1.165) is 24.3 Å². The van der Waals surface area contributed by atoms with Crippen LogP contribution in [0.25, 0.3) is 0 Å². The number of sulfone groups is 1. The molecule has 19 heavy (non-hydrogen) atoms. The number of rotatable bonds is 3. The van der Waals surface area contributed by atoms with E-state index in [-0.39, 0.29) is 10.6 Å². The maximum absolute atomic E-state index is 12.0. The fourth-order valence-corrected chi connectivity index (χ4v) is 2.26. The van der Waals surface area contributed by atoms with Crippen molar-refractivity contribution in [3.63, 3.8) is 0 Å². The van der Waals surface area contributed by atoms with Crippen LogP contribution in [-0.2, 0) is 14.6 Å². The second-order valence-corrected chi connectivity index (χ2v) is 6.57. The molecule has 0 atom stereocenters. The van der Waals surface area contributed by atoms with Gasteiger partial charge in [-0.3, -0.25) is 4.79 Å². The fraction of sp³-hybridized carbons (Fsp3) is 0.364. The summed E-state index contributed by atoms with van der Waals surface area (Å²) < 4.78 is 59.5. The Kier molecular flexibility index (Phi) is 4.24. The Morgan fingerprint density at radius 1 is 1.16 bits per heavy atom. The zero-order chi connectivity index (χ0) is 14.8. The number of hydrogen-bond acceptors (Lipinski definition) is 3. The molecular formula is C11H12F3NO3S. The minimum Gasteiger partial charge on any atom is -0.318 e. The molecule has 4 nitrogen and oxygen atoms in total. The molecule has 0 aromatic heterocycles. The third kappa shape index (κ3) is 3.69. The molecule has 0 spiro atoms. The van der Waals surface area contributed by atoms with Gasteiger partial charge in [0.25, 0.3) is 0 Å².